The van der Waals surface area contributed by atoms with Crippen LogP contribution in [0.25, 0.3) is 16.0 Å². The van der Waals surface area contributed by atoms with Crippen LogP contribution in [0.5, 0.6) is 0 Å². The van der Waals surface area contributed by atoms with Gasteiger partial charge in [-0.15, -0.1) is 11.3 Å². The minimum Gasteiger partial charge on any atom is -0.274 e. The van der Waals surface area contributed by atoms with Gasteiger partial charge in [0.05, 0.1) is 12.0 Å². The van der Waals surface area contributed by atoms with Crippen molar-refractivity contribution in [1.29, 1.82) is 5.26 Å². The van der Waals surface area contributed by atoms with Gasteiger partial charge in [-0.3, -0.25) is 14.5 Å². The second-order valence-electron chi connectivity index (χ2n) is 11.9. The summed E-state index contributed by atoms with van der Waals surface area (Å²) in [6.07, 6.45) is 7.37. The van der Waals surface area contributed by atoms with Gasteiger partial charge in [0, 0.05) is 20.7 Å². The fourth-order valence-corrected chi connectivity index (χ4v) is 12.1. The van der Waals surface area contributed by atoms with Crippen molar-refractivity contribution in [2.75, 3.05) is 6.54 Å². The Morgan fingerprint density at radius 2 is 1.76 bits per heavy atom. The Labute approximate surface area is 203 Å². The number of thiophene rings is 1. The van der Waals surface area contributed by atoms with Gasteiger partial charge in [0.25, 0.3) is 5.91 Å². The van der Waals surface area contributed by atoms with Crippen molar-refractivity contribution in [2.24, 2.45) is 28.6 Å². The first kappa shape index (κ1) is 19.6. The SMILES string of the molecule is CC1=C2C(=O)N(CC#N)C(=O)C2C2(c3sc(-c4ccccc4)cc31)C13CC4CC(C1)CC2(C4)C3. The van der Waals surface area contributed by atoms with Gasteiger partial charge in [-0.25, -0.2) is 0 Å². The second-order valence-corrected chi connectivity index (χ2v) is 13.0. The van der Waals surface area contributed by atoms with E-state index in [4.69, 9.17) is 0 Å². The minimum absolute atomic E-state index is 0.105. The highest BCUT2D eigenvalue weighted by Crippen LogP contribution is 2.89. The lowest BCUT2D eigenvalue weighted by Crippen LogP contribution is -2.81. The third-order valence-electron chi connectivity index (χ3n) is 10.6. The first-order valence-corrected chi connectivity index (χ1v) is 13.4. The molecule has 1 aromatic carbocycles. The molecule has 4 bridgehead atoms. The number of likely N-dealkylation sites (tertiary alicyclic amines) is 1. The van der Waals surface area contributed by atoms with Crippen molar-refractivity contribution in [3.8, 4) is 16.5 Å². The highest BCUT2D eigenvalue weighted by Gasteiger charge is 2.86. The van der Waals surface area contributed by atoms with Crippen LogP contribution in [0, 0.1) is 39.9 Å². The van der Waals surface area contributed by atoms with Crippen LogP contribution in [0.3, 0.4) is 0 Å². The molecule has 1 saturated heterocycles. The number of nitrogens with zero attached hydrogens (tertiary/aromatic N) is 2. The highest BCUT2D eigenvalue weighted by molar-refractivity contribution is 7.16. The molecule has 1 atom stereocenters. The number of benzene rings is 1. The first-order valence-electron chi connectivity index (χ1n) is 12.6. The van der Waals surface area contributed by atoms with E-state index in [2.05, 4.69) is 36.4 Å². The topological polar surface area (TPSA) is 61.2 Å². The summed E-state index contributed by atoms with van der Waals surface area (Å²) in [5, 5.41) is 9.41. The predicted molar refractivity (Wildman–Crippen MR) is 129 cm³/mol. The molecule has 34 heavy (non-hydrogen) atoms. The molecule has 0 N–H and O–H groups in total. The Morgan fingerprint density at radius 3 is 2.41 bits per heavy atom. The summed E-state index contributed by atoms with van der Waals surface area (Å²) in [5.41, 5.74) is 4.04. The molecule has 1 aromatic heterocycles. The lowest BCUT2D eigenvalue weighted by molar-refractivity contribution is -0.308. The Hall–Kier alpha value is -2.71. The summed E-state index contributed by atoms with van der Waals surface area (Å²) >= 11 is 1.88. The lowest BCUT2D eigenvalue weighted by atomic mass is 9.19. The lowest BCUT2D eigenvalue weighted by Gasteiger charge is -2.84. The monoisotopic (exact) mass is 466 g/mol. The Bertz CT molecular complexity index is 1350. The third kappa shape index (κ3) is 1.86. The van der Waals surface area contributed by atoms with E-state index in [1.54, 1.807) is 0 Å². The maximum atomic E-state index is 14.1. The Morgan fingerprint density at radius 1 is 1.09 bits per heavy atom. The summed E-state index contributed by atoms with van der Waals surface area (Å²) in [6.45, 7) is 1.89. The van der Waals surface area contributed by atoms with Crippen LogP contribution in [-0.2, 0) is 15.0 Å². The van der Waals surface area contributed by atoms with Gasteiger partial charge in [-0.1, -0.05) is 30.3 Å². The van der Waals surface area contributed by atoms with Crippen LogP contribution >= 0.6 is 11.3 Å². The second kappa shape index (κ2) is 5.91. The first-order chi connectivity index (χ1) is 16.4. The summed E-state index contributed by atoms with van der Waals surface area (Å²) in [5.74, 6) is 0.833. The molecule has 7 saturated carbocycles. The van der Waals surface area contributed by atoms with E-state index in [-0.39, 0.29) is 34.6 Å². The zero-order valence-electron chi connectivity index (χ0n) is 19.3. The van der Waals surface area contributed by atoms with Gasteiger partial charge in [0.1, 0.15) is 6.54 Å². The van der Waals surface area contributed by atoms with Crippen molar-refractivity contribution >= 4 is 28.7 Å². The minimum atomic E-state index is -0.406. The smallest absolute Gasteiger partial charge is 0.258 e. The maximum Gasteiger partial charge on any atom is 0.258 e. The molecule has 1 aliphatic heterocycles. The molecule has 8 fully saturated rings. The number of carbonyl (C=O) groups excluding carboxylic acids is 2. The molecule has 11 rings (SSSR count). The van der Waals surface area contributed by atoms with Crippen LogP contribution < -0.4 is 0 Å². The highest BCUT2D eigenvalue weighted by atomic mass is 32.1. The molecule has 3 spiro atoms. The van der Waals surface area contributed by atoms with Gasteiger partial charge in [0.15, 0.2) is 0 Å². The zero-order chi connectivity index (χ0) is 23.0. The van der Waals surface area contributed by atoms with E-state index in [1.165, 1.54) is 64.3 Å². The fraction of sp³-hybridized carbons (Fsp3) is 0.483. The summed E-state index contributed by atoms with van der Waals surface area (Å²) < 4.78 is 0. The number of rotatable bonds is 2. The van der Waals surface area contributed by atoms with E-state index in [9.17, 15) is 14.9 Å². The molecule has 9 aliphatic rings. The zero-order valence-corrected chi connectivity index (χ0v) is 20.1. The summed E-state index contributed by atoms with van der Waals surface area (Å²) in [6, 6.07) is 14.9. The number of nitriles is 1. The number of allylic oxidation sites excluding steroid dienone is 1. The van der Waals surface area contributed by atoms with Crippen LogP contribution in [0.4, 0.5) is 0 Å². The largest absolute Gasteiger partial charge is 0.274 e. The number of hydrogen-bond acceptors (Lipinski definition) is 4. The van der Waals surface area contributed by atoms with E-state index in [0.717, 1.165) is 17.4 Å². The number of fused-ring (bicyclic) bond motifs is 2. The van der Waals surface area contributed by atoms with Crippen molar-refractivity contribution in [3.63, 3.8) is 0 Å². The molecule has 5 heteroatoms. The van der Waals surface area contributed by atoms with Crippen LogP contribution in [0.2, 0.25) is 0 Å². The molecule has 0 radical (unpaired) electrons. The van der Waals surface area contributed by atoms with Gasteiger partial charge >= 0.3 is 0 Å². The van der Waals surface area contributed by atoms with E-state index in [0.29, 0.717) is 5.57 Å². The number of hydrogen-bond donors (Lipinski definition) is 0. The average Bonchev–Trinajstić information content (AvgIpc) is 3.36. The number of carbonyl (C=O) groups is 2. The van der Waals surface area contributed by atoms with Gasteiger partial charge in [-0.2, -0.15) is 5.26 Å². The Balaban J connectivity index is 1.44. The van der Waals surface area contributed by atoms with Gasteiger partial charge < -0.3 is 0 Å². The molecular weight excluding hydrogens is 440 g/mol. The molecule has 170 valence electrons. The van der Waals surface area contributed by atoms with Gasteiger partial charge in [-0.05, 0) is 90.9 Å². The molecule has 4 nitrogen and oxygen atoms in total. The van der Waals surface area contributed by atoms with E-state index in [1.807, 2.05) is 24.3 Å². The Kier molecular flexibility index (Phi) is 3.41. The van der Waals surface area contributed by atoms with Crippen molar-refractivity contribution in [3.05, 3.63) is 52.4 Å². The molecular formula is C29H26N2O2S. The number of amides is 2. The third-order valence-corrected chi connectivity index (χ3v) is 11.9. The normalized spacial score (nSPS) is 40.5. The quantitative estimate of drug-likeness (QED) is 0.431. The standard InChI is InChI=1S/C29H26N2O2S/c1-16-20-10-21(19-5-3-2-4-6-19)34-24(20)29(23-22(16)25(32)31(8-7-30)26(23)33)27-11-17-9-18(13-27)14-28(29,12-17)15-27/h2-6,10,17-18,23H,8-9,11-15H2,1H3. The summed E-state index contributed by atoms with van der Waals surface area (Å²) in [4.78, 5) is 31.6. The van der Waals surface area contributed by atoms with E-state index < -0.39 is 5.92 Å². The van der Waals surface area contributed by atoms with Crippen LogP contribution in [0.1, 0.15) is 55.9 Å². The molecule has 2 heterocycles. The van der Waals surface area contributed by atoms with Crippen molar-refractivity contribution in [1.82, 2.24) is 4.90 Å². The van der Waals surface area contributed by atoms with Crippen LogP contribution in [-0.4, -0.2) is 23.3 Å². The van der Waals surface area contributed by atoms with Crippen molar-refractivity contribution < 1.29 is 9.59 Å². The molecule has 2 amide bonds. The molecule has 8 aliphatic carbocycles. The average molecular weight is 467 g/mol. The summed E-state index contributed by atoms with van der Waals surface area (Å²) in [7, 11) is 0. The van der Waals surface area contributed by atoms with Crippen molar-refractivity contribution in [2.45, 2.75) is 50.9 Å². The molecule has 1 unspecified atom stereocenters. The number of imide groups is 1. The fourth-order valence-electron chi connectivity index (χ4n) is 10.4. The maximum absolute atomic E-state index is 14.1. The van der Waals surface area contributed by atoms with E-state index >= 15 is 0 Å². The van der Waals surface area contributed by atoms with Gasteiger partial charge in [0.2, 0.25) is 5.91 Å². The van der Waals surface area contributed by atoms with Crippen LogP contribution in [0.15, 0.2) is 42.0 Å². The molecule has 2 aromatic rings. The predicted octanol–water partition coefficient (Wildman–Crippen LogP) is 5.55.